The molecule has 0 radical (unpaired) electrons. The topological polar surface area (TPSA) is 15.3 Å². The van der Waals surface area contributed by atoms with E-state index >= 15 is 0 Å². The zero-order valence-corrected chi connectivity index (χ0v) is 6.76. The maximum absolute atomic E-state index is 13.2. The summed E-state index contributed by atoms with van der Waals surface area (Å²) in [5, 5.41) is 1.86. The van der Waals surface area contributed by atoms with E-state index in [0.717, 1.165) is 19.5 Å². The molecule has 1 aliphatic heterocycles. The van der Waals surface area contributed by atoms with Gasteiger partial charge in [-0.3, -0.25) is 0 Å². The molecule has 1 saturated heterocycles. The number of para-hydroxylation sites is 1. The van der Waals surface area contributed by atoms with Crippen molar-refractivity contribution < 1.29 is 4.39 Å². The molecule has 2 rings (SSSR count). The summed E-state index contributed by atoms with van der Waals surface area (Å²) in [4.78, 5) is 0. The standard InChI is InChI=1S/C9H11FN2/c10-8-4-1-2-5-9(8)12-7-3-6-11-12/h1-2,4-5,11H,3,6-7H2. The maximum atomic E-state index is 13.2. The van der Waals surface area contributed by atoms with Crippen molar-refractivity contribution >= 4 is 5.69 Å². The molecular weight excluding hydrogens is 155 g/mol. The lowest BCUT2D eigenvalue weighted by atomic mass is 10.3. The average Bonchev–Trinajstić information content (AvgIpc) is 2.57. The van der Waals surface area contributed by atoms with Crippen molar-refractivity contribution in [3.05, 3.63) is 30.1 Å². The summed E-state index contributed by atoms with van der Waals surface area (Å²) in [5.41, 5.74) is 3.76. The minimum atomic E-state index is -0.160. The molecule has 12 heavy (non-hydrogen) atoms. The molecule has 1 aromatic carbocycles. The summed E-state index contributed by atoms with van der Waals surface area (Å²) in [6.45, 7) is 1.83. The van der Waals surface area contributed by atoms with Gasteiger partial charge in [0.25, 0.3) is 0 Å². The van der Waals surface area contributed by atoms with Crippen LogP contribution in [0.15, 0.2) is 24.3 Å². The van der Waals surface area contributed by atoms with Crippen LogP contribution >= 0.6 is 0 Å². The molecule has 3 heteroatoms. The van der Waals surface area contributed by atoms with Gasteiger partial charge in [-0.15, -0.1) is 0 Å². The zero-order chi connectivity index (χ0) is 8.39. The predicted octanol–water partition coefficient (Wildman–Crippen LogP) is 1.54. The predicted molar refractivity (Wildman–Crippen MR) is 46.4 cm³/mol. The first kappa shape index (κ1) is 7.55. The van der Waals surface area contributed by atoms with Crippen molar-refractivity contribution in [1.82, 2.24) is 5.43 Å². The molecule has 1 heterocycles. The Hall–Kier alpha value is -1.09. The molecule has 2 nitrogen and oxygen atoms in total. The molecule has 0 unspecified atom stereocenters. The number of hydrogen-bond acceptors (Lipinski definition) is 2. The molecule has 0 saturated carbocycles. The Balaban J connectivity index is 2.26. The summed E-state index contributed by atoms with van der Waals surface area (Å²) in [7, 11) is 0. The number of hydrazine groups is 1. The second kappa shape index (κ2) is 3.11. The van der Waals surface area contributed by atoms with Gasteiger partial charge < -0.3 is 5.01 Å². The van der Waals surface area contributed by atoms with Crippen LogP contribution in [0.4, 0.5) is 10.1 Å². The Labute approximate surface area is 71.0 Å². The normalized spacial score (nSPS) is 16.9. The van der Waals surface area contributed by atoms with Crippen molar-refractivity contribution in [3.8, 4) is 0 Å². The lowest BCUT2D eigenvalue weighted by Crippen LogP contribution is -2.31. The monoisotopic (exact) mass is 166 g/mol. The molecule has 1 N–H and O–H groups in total. The van der Waals surface area contributed by atoms with Crippen molar-refractivity contribution in [2.45, 2.75) is 6.42 Å². The number of benzene rings is 1. The molecule has 0 aliphatic carbocycles. The Bertz CT molecular complexity index is 269. The summed E-state index contributed by atoms with van der Waals surface area (Å²) >= 11 is 0. The van der Waals surface area contributed by atoms with Gasteiger partial charge in [0, 0.05) is 13.1 Å². The van der Waals surface area contributed by atoms with E-state index in [1.165, 1.54) is 6.07 Å². The van der Waals surface area contributed by atoms with Crippen LogP contribution in [0.2, 0.25) is 0 Å². The first-order chi connectivity index (χ1) is 5.88. The molecule has 1 aromatic rings. The second-order valence-corrected chi connectivity index (χ2v) is 2.86. The number of anilines is 1. The lowest BCUT2D eigenvalue weighted by molar-refractivity contribution is 0.615. The highest BCUT2D eigenvalue weighted by molar-refractivity contribution is 5.46. The Morgan fingerprint density at radius 2 is 2.17 bits per heavy atom. The summed E-state index contributed by atoms with van der Waals surface area (Å²) < 4.78 is 13.2. The van der Waals surface area contributed by atoms with Crippen LogP contribution in [-0.2, 0) is 0 Å². The molecule has 0 amide bonds. The van der Waals surface area contributed by atoms with E-state index < -0.39 is 0 Å². The van der Waals surface area contributed by atoms with Gasteiger partial charge in [0.05, 0.1) is 5.69 Å². The fourth-order valence-electron chi connectivity index (χ4n) is 1.41. The van der Waals surface area contributed by atoms with Crippen molar-refractivity contribution in [2.24, 2.45) is 0 Å². The summed E-state index contributed by atoms with van der Waals surface area (Å²) in [6, 6.07) is 6.82. The SMILES string of the molecule is Fc1ccccc1N1CCCN1. The third kappa shape index (κ3) is 1.28. The number of hydrogen-bond donors (Lipinski definition) is 1. The third-order valence-corrected chi connectivity index (χ3v) is 2.00. The number of halogens is 1. The van der Waals surface area contributed by atoms with Gasteiger partial charge in [-0.2, -0.15) is 0 Å². The Morgan fingerprint density at radius 3 is 2.83 bits per heavy atom. The fraction of sp³-hybridized carbons (Fsp3) is 0.333. The van der Waals surface area contributed by atoms with Crippen LogP contribution in [-0.4, -0.2) is 13.1 Å². The van der Waals surface area contributed by atoms with E-state index in [0.29, 0.717) is 5.69 Å². The fourth-order valence-corrected chi connectivity index (χ4v) is 1.41. The van der Waals surface area contributed by atoms with Gasteiger partial charge in [0.2, 0.25) is 0 Å². The number of nitrogens with zero attached hydrogens (tertiary/aromatic N) is 1. The van der Waals surface area contributed by atoms with Crippen LogP contribution in [0.3, 0.4) is 0 Å². The molecule has 64 valence electrons. The first-order valence-corrected chi connectivity index (χ1v) is 4.13. The van der Waals surface area contributed by atoms with Gasteiger partial charge in [0.15, 0.2) is 0 Å². The third-order valence-electron chi connectivity index (χ3n) is 2.00. The van der Waals surface area contributed by atoms with E-state index in [2.05, 4.69) is 5.43 Å². The van der Waals surface area contributed by atoms with Crippen LogP contribution in [0.25, 0.3) is 0 Å². The van der Waals surface area contributed by atoms with Gasteiger partial charge >= 0.3 is 0 Å². The van der Waals surface area contributed by atoms with Crippen molar-refractivity contribution in [1.29, 1.82) is 0 Å². The van der Waals surface area contributed by atoms with E-state index in [1.807, 2.05) is 11.1 Å². The number of nitrogens with one attached hydrogen (secondary N) is 1. The Morgan fingerprint density at radius 1 is 1.33 bits per heavy atom. The molecular formula is C9H11FN2. The molecule has 1 fully saturated rings. The van der Waals surface area contributed by atoms with E-state index in [1.54, 1.807) is 12.1 Å². The zero-order valence-electron chi connectivity index (χ0n) is 6.76. The highest BCUT2D eigenvalue weighted by Gasteiger charge is 2.14. The molecule has 0 aromatic heterocycles. The van der Waals surface area contributed by atoms with Crippen LogP contribution in [0, 0.1) is 5.82 Å². The smallest absolute Gasteiger partial charge is 0.147 e. The van der Waals surface area contributed by atoms with Crippen molar-refractivity contribution in [3.63, 3.8) is 0 Å². The van der Waals surface area contributed by atoms with E-state index in [9.17, 15) is 4.39 Å². The van der Waals surface area contributed by atoms with Crippen LogP contribution < -0.4 is 10.4 Å². The van der Waals surface area contributed by atoms with Gasteiger partial charge in [-0.25, -0.2) is 9.82 Å². The quantitative estimate of drug-likeness (QED) is 0.680. The lowest BCUT2D eigenvalue weighted by Gasteiger charge is -2.17. The molecule has 0 spiro atoms. The summed E-state index contributed by atoms with van der Waals surface area (Å²) in [5.74, 6) is -0.160. The minimum absolute atomic E-state index is 0.160. The van der Waals surface area contributed by atoms with Gasteiger partial charge in [0.1, 0.15) is 5.82 Å². The average molecular weight is 166 g/mol. The highest BCUT2D eigenvalue weighted by Crippen LogP contribution is 2.18. The number of rotatable bonds is 1. The highest BCUT2D eigenvalue weighted by atomic mass is 19.1. The van der Waals surface area contributed by atoms with Crippen LogP contribution in [0.1, 0.15) is 6.42 Å². The van der Waals surface area contributed by atoms with Gasteiger partial charge in [-0.1, -0.05) is 12.1 Å². The Kier molecular flexibility index (Phi) is 1.96. The summed E-state index contributed by atoms with van der Waals surface area (Å²) in [6.07, 6.45) is 1.08. The minimum Gasteiger partial charge on any atom is -0.305 e. The van der Waals surface area contributed by atoms with Crippen molar-refractivity contribution in [2.75, 3.05) is 18.1 Å². The van der Waals surface area contributed by atoms with E-state index in [-0.39, 0.29) is 5.82 Å². The van der Waals surface area contributed by atoms with Gasteiger partial charge in [-0.05, 0) is 18.6 Å². The first-order valence-electron chi connectivity index (χ1n) is 4.13. The van der Waals surface area contributed by atoms with Crippen LogP contribution in [0.5, 0.6) is 0 Å². The largest absolute Gasteiger partial charge is 0.305 e. The molecule has 0 atom stereocenters. The molecule has 1 aliphatic rings. The second-order valence-electron chi connectivity index (χ2n) is 2.86. The maximum Gasteiger partial charge on any atom is 0.147 e. The molecule has 0 bridgehead atoms. The van der Waals surface area contributed by atoms with E-state index in [4.69, 9.17) is 0 Å².